The second kappa shape index (κ2) is 3.34. The van der Waals surface area contributed by atoms with E-state index >= 15 is 0 Å². The summed E-state index contributed by atoms with van der Waals surface area (Å²) < 4.78 is 0. The molecule has 0 saturated carbocycles. The molecular weight excluding hydrogens is 200 g/mol. The minimum atomic E-state index is -0.247. The van der Waals surface area contributed by atoms with E-state index in [1.54, 1.807) is 13.1 Å². The number of aromatic nitrogens is 1. The van der Waals surface area contributed by atoms with E-state index in [9.17, 15) is 9.59 Å². The zero-order valence-corrected chi connectivity index (χ0v) is 8.37. The Hall–Kier alpha value is -1.49. The molecule has 72 valence electrons. The van der Waals surface area contributed by atoms with Crippen LogP contribution in [0.5, 0.6) is 0 Å². The molecule has 1 aliphatic heterocycles. The van der Waals surface area contributed by atoms with Gasteiger partial charge in [-0.3, -0.25) is 14.5 Å². The van der Waals surface area contributed by atoms with Crippen LogP contribution < -0.4 is 0 Å². The maximum Gasteiger partial charge on any atom is 0.256 e. The number of imide groups is 1. The van der Waals surface area contributed by atoms with Gasteiger partial charge in [-0.2, -0.15) is 0 Å². The molecule has 4 nitrogen and oxygen atoms in total. The second-order valence-electron chi connectivity index (χ2n) is 2.98. The smallest absolute Gasteiger partial charge is 0.256 e. The van der Waals surface area contributed by atoms with Crippen LogP contribution in [0.4, 0.5) is 0 Å². The van der Waals surface area contributed by atoms with E-state index in [1.165, 1.54) is 22.3 Å². The molecule has 0 atom stereocenters. The summed E-state index contributed by atoms with van der Waals surface area (Å²) in [7, 11) is 0. The molecule has 0 N–H and O–H groups in total. The Kier molecular flexibility index (Phi) is 2.17. The van der Waals surface area contributed by atoms with Gasteiger partial charge in [0.15, 0.2) is 0 Å². The van der Waals surface area contributed by atoms with Gasteiger partial charge in [-0.15, -0.1) is 11.3 Å². The largest absolute Gasteiger partial charge is 0.269 e. The SMILES string of the molecule is CC1=CC(=O)N(Cc2nccs2)C1=O. The van der Waals surface area contributed by atoms with E-state index in [0.717, 1.165) is 5.01 Å². The third-order valence-electron chi connectivity index (χ3n) is 1.97. The van der Waals surface area contributed by atoms with Crippen LogP contribution in [-0.2, 0) is 16.1 Å². The molecule has 0 radical (unpaired) electrons. The van der Waals surface area contributed by atoms with Crippen molar-refractivity contribution >= 4 is 23.2 Å². The highest BCUT2D eigenvalue weighted by Crippen LogP contribution is 2.16. The third kappa shape index (κ3) is 1.46. The van der Waals surface area contributed by atoms with Gasteiger partial charge in [0.2, 0.25) is 0 Å². The maximum absolute atomic E-state index is 11.5. The van der Waals surface area contributed by atoms with Gasteiger partial charge in [-0.25, -0.2) is 4.98 Å². The van der Waals surface area contributed by atoms with Gasteiger partial charge >= 0.3 is 0 Å². The molecule has 0 spiro atoms. The molecule has 1 aromatic rings. The van der Waals surface area contributed by atoms with Crippen molar-refractivity contribution in [1.29, 1.82) is 0 Å². The second-order valence-corrected chi connectivity index (χ2v) is 3.96. The lowest BCUT2D eigenvalue weighted by Crippen LogP contribution is -2.30. The summed E-state index contributed by atoms with van der Waals surface area (Å²) in [6.07, 6.45) is 3.02. The molecule has 2 amide bonds. The molecule has 1 aliphatic rings. The van der Waals surface area contributed by atoms with Crippen molar-refractivity contribution in [1.82, 2.24) is 9.88 Å². The van der Waals surface area contributed by atoms with E-state index < -0.39 is 0 Å². The predicted molar refractivity (Wildman–Crippen MR) is 51.4 cm³/mol. The fourth-order valence-corrected chi connectivity index (χ4v) is 1.86. The van der Waals surface area contributed by atoms with Gasteiger partial charge < -0.3 is 0 Å². The Morgan fingerprint density at radius 1 is 1.50 bits per heavy atom. The van der Waals surface area contributed by atoms with Crippen LogP contribution >= 0.6 is 11.3 Å². The minimum absolute atomic E-state index is 0.217. The Morgan fingerprint density at radius 2 is 2.29 bits per heavy atom. The maximum atomic E-state index is 11.5. The number of carbonyl (C=O) groups is 2. The standard InChI is InChI=1S/C9H8N2O2S/c1-6-4-8(12)11(9(6)13)5-7-10-2-3-14-7/h2-4H,5H2,1H3. The topological polar surface area (TPSA) is 50.3 Å². The Bertz CT molecular complexity index is 408. The third-order valence-corrected chi connectivity index (χ3v) is 2.73. The number of carbonyl (C=O) groups excluding carboxylic acids is 2. The number of rotatable bonds is 2. The first-order chi connectivity index (χ1) is 6.68. The van der Waals surface area contributed by atoms with Crippen LogP contribution in [0.15, 0.2) is 23.2 Å². The molecule has 0 aromatic carbocycles. The van der Waals surface area contributed by atoms with Crippen molar-refractivity contribution in [2.24, 2.45) is 0 Å². The van der Waals surface area contributed by atoms with Crippen molar-refractivity contribution in [2.75, 3.05) is 0 Å². The number of amides is 2. The van der Waals surface area contributed by atoms with E-state index in [4.69, 9.17) is 0 Å². The number of nitrogens with zero attached hydrogens (tertiary/aromatic N) is 2. The lowest BCUT2D eigenvalue weighted by Gasteiger charge is -2.11. The van der Waals surface area contributed by atoms with Crippen molar-refractivity contribution < 1.29 is 9.59 Å². The summed E-state index contributed by atoms with van der Waals surface area (Å²) in [5, 5.41) is 2.59. The van der Waals surface area contributed by atoms with Gasteiger partial charge in [0, 0.05) is 23.2 Å². The molecule has 0 aliphatic carbocycles. The van der Waals surface area contributed by atoms with Crippen LogP contribution in [0.25, 0.3) is 0 Å². The Balaban J connectivity index is 2.15. The summed E-state index contributed by atoms with van der Waals surface area (Å²) >= 11 is 1.43. The van der Waals surface area contributed by atoms with Crippen molar-refractivity contribution in [3.05, 3.63) is 28.2 Å². The zero-order valence-electron chi connectivity index (χ0n) is 7.56. The predicted octanol–water partition coefficient (Wildman–Crippen LogP) is 0.958. The fourth-order valence-electron chi connectivity index (χ4n) is 1.25. The van der Waals surface area contributed by atoms with Crippen LogP contribution in [0.3, 0.4) is 0 Å². The molecule has 1 aromatic heterocycles. The van der Waals surface area contributed by atoms with Crippen LogP contribution in [0.2, 0.25) is 0 Å². The van der Waals surface area contributed by atoms with Crippen molar-refractivity contribution in [3.8, 4) is 0 Å². The summed E-state index contributed by atoms with van der Waals surface area (Å²) in [4.78, 5) is 28.0. The van der Waals surface area contributed by atoms with Crippen LogP contribution in [-0.4, -0.2) is 21.7 Å². The molecule has 14 heavy (non-hydrogen) atoms. The van der Waals surface area contributed by atoms with Crippen molar-refractivity contribution in [3.63, 3.8) is 0 Å². The van der Waals surface area contributed by atoms with E-state index in [0.29, 0.717) is 5.57 Å². The van der Waals surface area contributed by atoms with Gasteiger partial charge in [0.25, 0.3) is 11.8 Å². The number of hydrogen-bond donors (Lipinski definition) is 0. The van der Waals surface area contributed by atoms with Crippen LogP contribution in [0, 0.1) is 0 Å². The summed E-state index contributed by atoms with van der Waals surface area (Å²) in [5.74, 6) is -0.465. The lowest BCUT2D eigenvalue weighted by atomic mass is 10.3. The van der Waals surface area contributed by atoms with Crippen LogP contribution in [0.1, 0.15) is 11.9 Å². The Labute approximate surface area is 84.9 Å². The van der Waals surface area contributed by atoms with E-state index in [2.05, 4.69) is 4.98 Å². The number of hydrogen-bond acceptors (Lipinski definition) is 4. The molecule has 0 fully saturated rings. The first-order valence-electron chi connectivity index (χ1n) is 4.11. The molecule has 2 heterocycles. The Morgan fingerprint density at radius 3 is 2.79 bits per heavy atom. The van der Waals surface area contributed by atoms with Crippen molar-refractivity contribution in [2.45, 2.75) is 13.5 Å². The quantitative estimate of drug-likeness (QED) is 0.680. The summed E-state index contributed by atoms with van der Waals surface area (Å²) in [6, 6.07) is 0. The fraction of sp³-hybridized carbons (Fsp3) is 0.222. The average molecular weight is 208 g/mol. The normalized spacial score (nSPS) is 16.4. The highest BCUT2D eigenvalue weighted by molar-refractivity contribution is 7.09. The van der Waals surface area contributed by atoms with E-state index in [-0.39, 0.29) is 18.4 Å². The van der Waals surface area contributed by atoms with Gasteiger partial charge in [0.1, 0.15) is 5.01 Å². The highest BCUT2D eigenvalue weighted by atomic mass is 32.1. The van der Waals surface area contributed by atoms with E-state index in [1.807, 2.05) is 5.38 Å². The molecular formula is C9H8N2O2S. The molecule has 2 rings (SSSR count). The average Bonchev–Trinajstić information content (AvgIpc) is 2.71. The monoisotopic (exact) mass is 208 g/mol. The highest BCUT2D eigenvalue weighted by Gasteiger charge is 2.28. The molecule has 0 bridgehead atoms. The van der Waals surface area contributed by atoms with Gasteiger partial charge in [-0.05, 0) is 6.92 Å². The molecule has 0 saturated heterocycles. The zero-order chi connectivity index (χ0) is 10.1. The minimum Gasteiger partial charge on any atom is -0.269 e. The van der Waals surface area contributed by atoms with Gasteiger partial charge in [0.05, 0.1) is 6.54 Å². The molecule has 0 unspecified atom stereocenters. The summed E-state index contributed by atoms with van der Waals surface area (Å²) in [5.41, 5.74) is 0.492. The van der Waals surface area contributed by atoms with Gasteiger partial charge in [-0.1, -0.05) is 0 Å². The number of thiazole rings is 1. The lowest BCUT2D eigenvalue weighted by molar-refractivity contribution is -0.137. The summed E-state index contributed by atoms with van der Waals surface area (Å²) in [6.45, 7) is 1.92. The molecule has 5 heteroatoms. The first kappa shape index (κ1) is 9.08. The first-order valence-corrected chi connectivity index (χ1v) is 4.99.